The van der Waals surface area contributed by atoms with Crippen molar-refractivity contribution in [3.05, 3.63) is 11.6 Å². The normalized spacial score (nSPS) is 43.6. The molecular formula is C21H36O2. The highest BCUT2D eigenvalue weighted by molar-refractivity contribution is 5.91. The van der Waals surface area contributed by atoms with Crippen molar-refractivity contribution in [3.63, 3.8) is 0 Å². The van der Waals surface area contributed by atoms with Crippen LogP contribution in [0.1, 0.15) is 79.6 Å². The first-order valence-corrected chi connectivity index (χ1v) is 9.33. The average molecular weight is 321 g/mol. The van der Waals surface area contributed by atoms with Gasteiger partial charge >= 0.3 is 0 Å². The quantitative estimate of drug-likeness (QED) is 0.780. The van der Waals surface area contributed by atoms with Crippen LogP contribution in [-0.4, -0.2) is 17.0 Å². The van der Waals surface area contributed by atoms with Gasteiger partial charge in [-0.15, -0.1) is 0 Å². The lowest BCUT2D eigenvalue weighted by Crippen LogP contribution is -2.42. The fraction of sp³-hybridized carbons (Fsp3) is 0.857. The molecule has 2 heteroatoms. The summed E-state index contributed by atoms with van der Waals surface area (Å²) in [6.07, 6.45) is 10.5. The van der Waals surface area contributed by atoms with Crippen molar-refractivity contribution >= 4 is 5.78 Å². The van der Waals surface area contributed by atoms with Gasteiger partial charge in [0.25, 0.3) is 0 Å². The van der Waals surface area contributed by atoms with Gasteiger partial charge in [0.05, 0.1) is 6.10 Å². The van der Waals surface area contributed by atoms with E-state index in [1.165, 1.54) is 31.3 Å². The van der Waals surface area contributed by atoms with Gasteiger partial charge in [-0.25, -0.2) is 0 Å². The molecule has 3 aliphatic rings. The summed E-state index contributed by atoms with van der Waals surface area (Å²) in [5, 5.41) is 10.4. The summed E-state index contributed by atoms with van der Waals surface area (Å²) in [5.74, 6) is 3.07. The fourth-order valence-electron chi connectivity index (χ4n) is 5.55. The van der Waals surface area contributed by atoms with Crippen LogP contribution >= 0.6 is 0 Å². The molecule has 0 aromatic rings. The Bertz CT molecular complexity index is 466. The smallest absolute Gasteiger partial charge is 0.155 e. The van der Waals surface area contributed by atoms with E-state index in [0.29, 0.717) is 17.6 Å². The fourth-order valence-corrected chi connectivity index (χ4v) is 5.55. The maximum atomic E-state index is 11.7. The van der Waals surface area contributed by atoms with Crippen LogP contribution in [0.4, 0.5) is 0 Å². The van der Waals surface area contributed by atoms with E-state index in [9.17, 15) is 9.90 Å². The number of rotatable bonds is 3. The molecule has 0 spiro atoms. The lowest BCUT2D eigenvalue weighted by atomic mass is 9.59. The van der Waals surface area contributed by atoms with Gasteiger partial charge in [-0.2, -0.15) is 0 Å². The second kappa shape index (κ2) is 7.09. The lowest BCUT2D eigenvalue weighted by Gasteiger charge is -2.47. The zero-order valence-electron chi connectivity index (χ0n) is 14.5. The van der Waals surface area contributed by atoms with Gasteiger partial charge in [0.15, 0.2) is 5.78 Å². The van der Waals surface area contributed by atoms with Gasteiger partial charge in [0.2, 0.25) is 0 Å². The zero-order valence-corrected chi connectivity index (χ0v) is 14.5. The summed E-state index contributed by atoms with van der Waals surface area (Å²) >= 11 is 0. The maximum Gasteiger partial charge on any atom is 0.155 e. The molecule has 23 heavy (non-hydrogen) atoms. The van der Waals surface area contributed by atoms with Crippen LogP contribution in [-0.2, 0) is 4.79 Å². The van der Waals surface area contributed by atoms with E-state index in [4.69, 9.17) is 0 Å². The van der Waals surface area contributed by atoms with E-state index in [1.54, 1.807) is 0 Å². The highest BCUT2D eigenvalue weighted by Gasteiger charge is 2.52. The summed E-state index contributed by atoms with van der Waals surface area (Å²) < 4.78 is 0. The molecule has 0 aliphatic heterocycles. The zero-order chi connectivity index (χ0) is 15.9. The summed E-state index contributed by atoms with van der Waals surface area (Å²) in [5.41, 5.74) is 1.54. The number of allylic oxidation sites excluding steroid dienone is 2. The van der Waals surface area contributed by atoms with Crippen LogP contribution < -0.4 is 0 Å². The van der Waals surface area contributed by atoms with E-state index >= 15 is 0 Å². The number of aliphatic hydroxyl groups excluding tert-OH is 1. The molecule has 2 nitrogen and oxygen atoms in total. The Morgan fingerprint density at radius 3 is 2.70 bits per heavy atom. The summed E-state index contributed by atoms with van der Waals surface area (Å²) in [6, 6.07) is 0. The van der Waals surface area contributed by atoms with E-state index in [1.807, 2.05) is 6.08 Å². The van der Waals surface area contributed by atoms with Gasteiger partial charge in [-0.1, -0.05) is 33.8 Å². The first-order chi connectivity index (χ1) is 10.4. The predicted molar refractivity (Wildman–Crippen MR) is 96.2 cm³/mol. The van der Waals surface area contributed by atoms with Crippen LogP contribution in [0.25, 0.3) is 0 Å². The van der Waals surface area contributed by atoms with Crippen molar-refractivity contribution in [1.29, 1.82) is 0 Å². The third kappa shape index (κ3) is 3.43. The Hall–Kier alpha value is -0.630. The number of carbonyl (C=O) groups excluding carboxylic acids is 1. The van der Waals surface area contributed by atoms with Crippen molar-refractivity contribution in [2.24, 2.45) is 29.1 Å². The molecule has 0 aromatic carbocycles. The molecule has 2 fully saturated rings. The predicted octanol–water partition coefficient (Wildman–Crippen LogP) is 5.15. The average Bonchev–Trinajstić information content (AvgIpc) is 2.78. The molecule has 0 bridgehead atoms. The van der Waals surface area contributed by atoms with Crippen molar-refractivity contribution < 1.29 is 9.90 Å². The number of hydrogen-bond acceptors (Lipinski definition) is 2. The highest BCUT2D eigenvalue weighted by atomic mass is 16.3. The van der Waals surface area contributed by atoms with Gasteiger partial charge in [-0.05, 0) is 80.1 Å². The van der Waals surface area contributed by atoms with Crippen LogP contribution in [0.5, 0.6) is 0 Å². The van der Waals surface area contributed by atoms with Gasteiger partial charge in [0, 0.05) is 6.42 Å². The third-order valence-electron chi connectivity index (χ3n) is 7.31. The minimum atomic E-state index is -0.0955. The minimum Gasteiger partial charge on any atom is -0.393 e. The third-order valence-corrected chi connectivity index (χ3v) is 7.31. The molecule has 6 atom stereocenters. The Morgan fingerprint density at radius 1 is 1.22 bits per heavy atom. The van der Waals surface area contributed by atoms with Gasteiger partial charge in [-0.3, -0.25) is 4.79 Å². The van der Waals surface area contributed by atoms with E-state index in [2.05, 4.69) is 20.8 Å². The molecule has 1 N–H and O–H groups in total. The molecule has 0 aromatic heterocycles. The molecule has 4 unspecified atom stereocenters. The second-order valence-corrected chi connectivity index (χ2v) is 8.55. The Balaban J connectivity index is 0.00000192. The summed E-state index contributed by atoms with van der Waals surface area (Å²) in [7, 11) is 0. The molecule has 3 rings (SSSR count). The molecule has 0 heterocycles. The number of ketones is 1. The second-order valence-electron chi connectivity index (χ2n) is 8.55. The van der Waals surface area contributed by atoms with Crippen LogP contribution in [0.2, 0.25) is 0 Å². The summed E-state index contributed by atoms with van der Waals surface area (Å²) in [4.78, 5) is 11.7. The molecule has 0 radical (unpaired) electrons. The maximum absolute atomic E-state index is 11.7. The van der Waals surface area contributed by atoms with Crippen LogP contribution in [0, 0.1) is 29.1 Å². The Morgan fingerprint density at radius 2 is 1.96 bits per heavy atom. The van der Waals surface area contributed by atoms with Crippen molar-refractivity contribution in [1.82, 2.24) is 0 Å². The first kappa shape index (κ1) is 18.7. The molecule has 0 saturated heterocycles. The molecule has 132 valence electrons. The first-order valence-electron chi connectivity index (χ1n) is 9.33. The van der Waals surface area contributed by atoms with Crippen LogP contribution in [0.3, 0.4) is 0 Å². The molecule has 3 aliphatic carbocycles. The highest BCUT2D eigenvalue weighted by Crippen LogP contribution is 2.57. The largest absolute Gasteiger partial charge is 0.393 e. The number of aliphatic hydroxyl groups is 1. The lowest BCUT2D eigenvalue weighted by molar-refractivity contribution is -0.115. The number of carbonyl (C=O) groups is 1. The molecular weight excluding hydrogens is 284 g/mol. The summed E-state index contributed by atoms with van der Waals surface area (Å²) in [6.45, 7) is 6.99. The Labute approximate surface area is 142 Å². The number of fused-ring (bicyclic) bond motifs is 1. The van der Waals surface area contributed by atoms with E-state index in [-0.39, 0.29) is 18.9 Å². The topological polar surface area (TPSA) is 37.3 Å². The van der Waals surface area contributed by atoms with Gasteiger partial charge in [0.1, 0.15) is 0 Å². The van der Waals surface area contributed by atoms with Gasteiger partial charge < -0.3 is 5.11 Å². The SMILES string of the molecule is C.CC1CC[C@]2(C)C(O)CCC2C1CCC1=CC(=O)CC[C@H]1C. The van der Waals surface area contributed by atoms with E-state index < -0.39 is 0 Å². The van der Waals surface area contributed by atoms with Crippen LogP contribution in [0.15, 0.2) is 11.6 Å². The Kier molecular flexibility index (Phi) is 5.76. The number of hydrogen-bond donors (Lipinski definition) is 1. The van der Waals surface area contributed by atoms with Crippen molar-refractivity contribution in [2.75, 3.05) is 0 Å². The molecule has 0 amide bonds. The monoisotopic (exact) mass is 320 g/mol. The van der Waals surface area contributed by atoms with Crippen molar-refractivity contribution in [3.8, 4) is 0 Å². The van der Waals surface area contributed by atoms with E-state index in [0.717, 1.165) is 37.5 Å². The molecule has 2 saturated carbocycles. The minimum absolute atomic E-state index is 0. The standard InChI is InChI=1S/C20H32O2.CH4/c1-13-4-6-16(21)12-15(13)5-7-17-14(2)10-11-20(3)18(17)8-9-19(20)22;/h12-14,17-19,22H,4-11H2,1-3H3;1H4/t13-,14?,17?,18?,19?,20+;/m1./s1. The van der Waals surface area contributed by atoms with Crippen molar-refractivity contribution in [2.45, 2.75) is 85.7 Å².